The van der Waals surface area contributed by atoms with Gasteiger partial charge in [-0.05, 0) is 44.0 Å². The average Bonchev–Trinajstić information content (AvgIpc) is 2.44. The van der Waals surface area contributed by atoms with Gasteiger partial charge in [0, 0.05) is 6.61 Å². The minimum Gasteiger partial charge on any atom is -0.491 e. The Bertz CT molecular complexity index is 420. The van der Waals surface area contributed by atoms with E-state index in [1.54, 1.807) is 6.92 Å². The Kier molecular flexibility index (Phi) is 6.48. The van der Waals surface area contributed by atoms with Crippen molar-refractivity contribution in [2.75, 3.05) is 19.8 Å². The van der Waals surface area contributed by atoms with E-state index in [2.05, 4.69) is 5.32 Å². The molecule has 0 spiro atoms. The van der Waals surface area contributed by atoms with Crippen molar-refractivity contribution in [2.24, 2.45) is 5.73 Å². The number of benzene rings is 1. The lowest BCUT2D eigenvalue weighted by Crippen LogP contribution is -2.57. The number of hydrogen-bond acceptors (Lipinski definition) is 4. The van der Waals surface area contributed by atoms with Gasteiger partial charge in [0.15, 0.2) is 0 Å². The van der Waals surface area contributed by atoms with E-state index >= 15 is 0 Å². The molecular formula is C15H24N2O3. The number of carbonyl (C=O) groups excluding carboxylic acids is 1. The van der Waals surface area contributed by atoms with Crippen LogP contribution in [0.4, 0.5) is 0 Å². The zero-order valence-corrected chi connectivity index (χ0v) is 12.2. The minimum absolute atomic E-state index is 0.126. The van der Waals surface area contributed by atoms with Gasteiger partial charge in [0.2, 0.25) is 5.91 Å². The van der Waals surface area contributed by atoms with Crippen LogP contribution in [0, 0.1) is 0 Å². The van der Waals surface area contributed by atoms with Crippen LogP contribution in [-0.2, 0) is 11.2 Å². The van der Waals surface area contributed by atoms with Crippen molar-refractivity contribution in [3.8, 4) is 5.75 Å². The first-order valence-corrected chi connectivity index (χ1v) is 6.89. The van der Waals surface area contributed by atoms with Crippen LogP contribution in [0.15, 0.2) is 24.3 Å². The maximum Gasteiger partial charge on any atom is 0.240 e. The van der Waals surface area contributed by atoms with E-state index in [9.17, 15) is 4.79 Å². The molecule has 0 aromatic heterocycles. The smallest absolute Gasteiger partial charge is 0.240 e. The van der Waals surface area contributed by atoms with Gasteiger partial charge in [0.25, 0.3) is 0 Å². The van der Waals surface area contributed by atoms with Crippen molar-refractivity contribution in [1.82, 2.24) is 5.32 Å². The van der Waals surface area contributed by atoms with Crippen molar-refractivity contribution in [3.05, 3.63) is 29.8 Å². The lowest BCUT2D eigenvalue weighted by Gasteiger charge is -2.27. The number of nitrogens with one attached hydrogen (secondary N) is 1. The summed E-state index contributed by atoms with van der Waals surface area (Å²) < 4.78 is 5.64. The van der Waals surface area contributed by atoms with Gasteiger partial charge in [-0.15, -0.1) is 0 Å². The summed E-state index contributed by atoms with van der Waals surface area (Å²) in [5, 5.41) is 12.0. The summed E-state index contributed by atoms with van der Waals surface area (Å²) in [4.78, 5) is 11.5. The molecule has 0 saturated carbocycles. The standard InChI is InChI=1S/C15H24N2O3/c1-3-9-17-15(2,14(16)19)11-20-13-6-4-12(5-7-13)8-10-18/h4-7,17-18H,3,8-11H2,1-2H3,(H2,16,19). The predicted molar refractivity (Wildman–Crippen MR) is 78.6 cm³/mol. The molecule has 0 fully saturated rings. The monoisotopic (exact) mass is 280 g/mol. The quantitative estimate of drug-likeness (QED) is 0.626. The molecule has 112 valence electrons. The van der Waals surface area contributed by atoms with Crippen LogP contribution in [0.2, 0.25) is 0 Å². The molecule has 0 heterocycles. The van der Waals surface area contributed by atoms with Gasteiger partial charge in [0.05, 0.1) is 0 Å². The third kappa shape index (κ3) is 4.83. The largest absolute Gasteiger partial charge is 0.491 e. The lowest BCUT2D eigenvalue weighted by atomic mass is 10.0. The van der Waals surface area contributed by atoms with E-state index in [-0.39, 0.29) is 13.2 Å². The first-order valence-electron chi connectivity index (χ1n) is 6.89. The van der Waals surface area contributed by atoms with Crippen molar-refractivity contribution in [1.29, 1.82) is 0 Å². The molecule has 20 heavy (non-hydrogen) atoms. The molecule has 5 nitrogen and oxygen atoms in total. The van der Waals surface area contributed by atoms with Gasteiger partial charge < -0.3 is 20.9 Å². The number of rotatable bonds is 9. The Morgan fingerprint density at radius 2 is 2.05 bits per heavy atom. The fraction of sp³-hybridized carbons (Fsp3) is 0.533. The molecule has 4 N–H and O–H groups in total. The highest BCUT2D eigenvalue weighted by molar-refractivity contribution is 5.84. The average molecular weight is 280 g/mol. The van der Waals surface area contributed by atoms with E-state index in [0.29, 0.717) is 18.7 Å². The summed E-state index contributed by atoms with van der Waals surface area (Å²) in [7, 11) is 0. The number of ether oxygens (including phenoxy) is 1. The number of nitrogens with two attached hydrogens (primary N) is 1. The molecule has 1 amide bonds. The molecule has 5 heteroatoms. The van der Waals surface area contributed by atoms with Crippen LogP contribution in [0.25, 0.3) is 0 Å². The first kappa shape index (κ1) is 16.5. The topological polar surface area (TPSA) is 84.6 Å². The number of amides is 1. The van der Waals surface area contributed by atoms with Crippen LogP contribution in [0.1, 0.15) is 25.8 Å². The Labute approximate surface area is 120 Å². The van der Waals surface area contributed by atoms with E-state index in [0.717, 1.165) is 12.0 Å². The van der Waals surface area contributed by atoms with Crippen LogP contribution in [0.5, 0.6) is 5.75 Å². The summed E-state index contributed by atoms with van der Waals surface area (Å²) >= 11 is 0. The molecule has 1 atom stereocenters. The number of aliphatic hydroxyl groups excluding tert-OH is 1. The Balaban J connectivity index is 2.60. The number of aliphatic hydroxyl groups is 1. The fourth-order valence-electron chi connectivity index (χ4n) is 1.72. The number of hydrogen-bond donors (Lipinski definition) is 3. The minimum atomic E-state index is -0.875. The zero-order chi connectivity index (χ0) is 15.0. The Morgan fingerprint density at radius 1 is 1.40 bits per heavy atom. The molecule has 1 rings (SSSR count). The number of primary amides is 1. The van der Waals surface area contributed by atoms with E-state index in [1.807, 2.05) is 31.2 Å². The van der Waals surface area contributed by atoms with Gasteiger partial charge in [-0.25, -0.2) is 0 Å². The summed E-state index contributed by atoms with van der Waals surface area (Å²) in [5.74, 6) is 0.250. The second-order valence-corrected chi connectivity index (χ2v) is 5.03. The second-order valence-electron chi connectivity index (χ2n) is 5.03. The van der Waals surface area contributed by atoms with Crippen molar-refractivity contribution < 1.29 is 14.6 Å². The summed E-state index contributed by atoms with van der Waals surface area (Å²) in [6.45, 7) is 4.78. The molecule has 0 saturated heterocycles. The molecule has 0 bridgehead atoms. The van der Waals surface area contributed by atoms with Gasteiger partial charge in [-0.2, -0.15) is 0 Å². The molecule has 0 aliphatic rings. The van der Waals surface area contributed by atoms with E-state index < -0.39 is 11.4 Å². The van der Waals surface area contributed by atoms with Gasteiger partial charge >= 0.3 is 0 Å². The third-order valence-electron chi connectivity index (χ3n) is 3.16. The van der Waals surface area contributed by atoms with Gasteiger partial charge in [-0.3, -0.25) is 4.79 Å². The predicted octanol–water partition coefficient (Wildman–Crippen LogP) is 0.844. The van der Waals surface area contributed by atoms with Crippen LogP contribution < -0.4 is 15.8 Å². The van der Waals surface area contributed by atoms with Gasteiger partial charge in [-0.1, -0.05) is 19.1 Å². The second kappa shape index (κ2) is 7.87. The molecular weight excluding hydrogens is 256 g/mol. The SMILES string of the molecule is CCCNC(C)(COc1ccc(CCO)cc1)C(N)=O. The van der Waals surface area contributed by atoms with Crippen LogP contribution >= 0.6 is 0 Å². The summed E-state index contributed by atoms with van der Waals surface area (Å²) in [6, 6.07) is 7.44. The van der Waals surface area contributed by atoms with E-state index in [4.69, 9.17) is 15.6 Å². The van der Waals surface area contributed by atoms with Crippen LogP contribution in [0.3, 0.4) is 0 Å². The normalized spacial score (nSPS) is 13.8. The molecule has 0 aliphatic carbocycles. The summed E-state index contributed by atoms with van der Waals surface area (Å²) in [5.41, 5.74) is 5.60. The maximum atomic E-state index is 11.5. The van der Waals surface area contributed by atoms with Crippen LogP contribution in [-0.4, -0.2) is 36.3 Å². The fourth-order valence-corrected chi connectivity index (χ4v) is 1.72. The lowest BCUT2D eigenvalue weighted by molar-refractivity contribution is -0.125. The Hall–Kier alpha value is -1.59. The molecule has 0 aliphatic heterocycles. The highest BCUT2D eigenvalue weighted by atomic mass is 16.5. The summed E-state index contributed by atoms with van der Waals surface area (Å²) in [6.07, 6.45) is 1.54. The van der Waals surface area contributed by atoms with Crippen molar-refractivity contribution in [2.45, 2.75) is 32.2 Å². The first-order chi connectivity index (χ1) is 9.51. The molecule has 0 radical (unpaired) electrons. The maximum absolute atomic E-state index is 11.5. The molecule has 1 unspecified atom stereocenters. The highest BCUT2D eigenvalue weighted by Gasteiger charge is 2.31. The zero-order valence-electron chi connectivity index (χ0n) is 12.2. The number of carbonyl (C=O) groups is 1. The molecule has 1 aromatic carbocycles. The van der Waals surface area contributed by atoms with Crippen molar-refractivity contribution >= 4 is 5.91 Å². The molecule has 1 aromatic rings. The van der Waals surface area contributed by atoms with E-state index in [1.165, 1.54) is 0 Å². The highest BCUT2D eigenvalue weighted by Crippen LogP contribution is 2.15. The third-order valence-corrected chi connectivity index (χ3v) is 3.16. The Morgan fingerprint density at radius 3 is 2.55 bits per heavy atom. The van der Waals surface area contributed by atoms with Crippen molar-refractivity contribution in [3.63, 3.8) is 0 Å². The van der Waals surface area contributed by atoms with Gasteiger partial charge in [0.1, 0.15) is 17.9 Å².